The maximum Gasteiger partial charge on any atom is 0.315 e. The monoisotopic (exact) mass is 275 g/mol. The molecule has 1 aromatic carbocycles. The van der Waals surface area contributed by atoms with Gasteiger partial charge in [-0.15, -0.1) is 0 Å². The Kier molecular flexibility index (Phi) is 4.98. The fourth-order valence-corrected chi connectivity index (χ4v) is 2.28. The molecule has 2 N–H and O–H groups in total. The van der Waals surface area contributed by atoms with Crippen LogP contribution in [0, 0.1) is 0 Å². The van der Waals surface area contributed by atoms with Crippen LogP contribution in [0.15, 0.2) is 30.3 Å². The van der Waals surface area contributed by atoms with Crippen molar-refractivity contribution in [2.24, 2.45) is 0 Å². The second kappa shape index (κ2) is 6.93. The van der Waals surface area contributed by atoms with E-state index in [-0.39, 0.29) is 18.0 Å². The number of hydrogen-bond acceptors (Lipinski definition) is 2. The number of nitrogens with one attached hydrogen (secondary N) is 2. The lowest BCUT2D eigenvalue weighted by molar-refractivity contribution is -0.117. The Bertz CT molecular complexity index is 461. The first-order valence-electron chi connectivity index (χ1n) is 7.10. The quantitative estimate of drug-likeness (QED) is 0.806. The largest absolute Gasteiger partial charge is 0.338 e. The lowest BCUT2D eigenvalue weighted by atomic mass is 10.2. The second-order valence-corrected chi connectivity index (χ2v) is 4.99. The zero-order valence-corrected chi connectivity index (χ0v) is 11.8. The van der Waals surface area contributed by atoms with Crippen LogP contribution in [0.25, 0.3) is 0 Å². The van der Waals surface area contributed by atoms with E-state index in [2.05, 4.69) is 17.6 Å². The highest BCUT2D eigenvalue weighted by Gasteiger charge is 2.31. The van der Waals surface area contributed by atoms with Crippen LogP contribution in [0.5, 0.6) is 0 Å². The van der Waals surface area contributed by atoms with Crippen molar-refractivity contribution in [3.05, 3.63) is 30.3 Å². The average molecular weight is 275 g/mol. The second-order valence-electron chi connectivity index (χ2n) is 4.99. The third-order valence-electron chi connectivity index (χ3n) is 3.34. The number of anilines is 1. The number of nitrogens with zero attached hydrogens (tertiary/aromatic N) is 1. The molecule has 2 rings (SSSR count). The number of hydrogen-bond donors (Lipinski definition) is 2. The van der Waals surface area contributed by atoms with E-state index in [0.29, 0.717) is 19.5 Å². The Morgan fingerprint density at radius 3 is 2.80 bits per heavy atom. The van der Waals surface area contributed by atoms with E-state index < -0.39 is 0 Å². The van der Waals surface area contributed by atoms with E-state index in [1.165, 1.54) is 0 Å². The van der Waals surface area contributed by atoms with Gasteiger partial charge in [-0.05, 0) is 18.6 Å². The first-order chi connectivity index (χ1) is 9.70. The van der Waals surface area contributed by atoms with E-state index in [1.807, 2.05) is 30.3 Å². The van der Waals surface area contributed by atoms with Gasteiger partial charge in [0.25, 0.3) is 0 Å². The fourth-order valence-electron chi connectivity index (χ4n) is 2.28. The minimum absolute atomic E-state index is 0.0510. The SMILES string of the molecule is CCCCNC(=O)N[C@H]1CC(=O)N(c2ccccc2)C1. The smallest absolute Gasteiger partial charge is 0.315 e. The molecule has 1 aromatic rings. The van der Waals surface area contributed by atoms with Gasteiger partial charge in [0.2, 0.25) is 5.91 Å². The van der Waals surface area contributed by atoms with Crippen molar-refractivity contribution in [2.45, 2.75) is 32.2 Å². The lowest BCUT2D eigenvalue weighted by Crippen LogP contribution is -2.43. The predicted molar refractivity (Wildman–Crippen MR) is 78.6 cm³/mol. The van der Waals surface area contributed by atoms with Crippen molar-refractivity contribution in [2.75, 3.05) is 18.0 Å². The first kappa shape index (κ1) is 14.4. The zero-order chi connectivity index (χ0) is 14.4. The molecule has 1 saturated heterocycles. The van der Waals surface area contributed by atoms with Gasteiger partial charge in [0.05, 0.1) is 6.04 Å². The molecule has 0 saturated carbocycles. The topological polar surface area (TPSA) is 61.4 Å². The minimum Gasteiger partial charge on any atom is -0.338 e. The predicted octanol–water partition coefficient (Wildman–Crippen LogP) is 1.89. The maximum absolute atomic E-state index is 12.0. The number of para-hydroxylation sites is 1. The molecule has 0 spiro atoms. The number of benzene rings is 1. The summed E-state index contributed by atoms with van der Waals surface area (Å²) in [7, 11) is 0. The molecule has 0 aromatic heterocycles. The molecule has 1 fully saturated rings. The van der Waals surface area contributed by atoms with Crippen LogP contribution in [-0.4, -0.2) is 31.1 Å². The maximum atomic E-state index is 12.0. The minimum atomic E-state index is -0.189. The molecule has 1 atom stereocenters. The summed E-state index contributed by atoms with van der Waals surface area (Å²) in [6, 6.07) is 9.22. The van der Waals surface area contributed by atoms with E-state index in [1.54, 1.807) is 4.90 Å². The van der Waals surface area contributed by atoms with E-state index in [0.717, 1.165) is 18.5 Å². The molecule has 0 radical (unpaired) electrons. The molecular formula is C15H21N3O2. The summed E-state index contributed by atoms with van der Waals surface area (Å²) in [5, 5.41) is 5.66. The normalized spacial score (nSPS) is 18.1. The fraction of sp³-hybridized carbons (Fsp3) is 0.467. The highest BCUT2D eigenvalue weighted by Crippen LogP contribution is 2.20. The Labute approximate surface area is 119 Å². The Morgan fingerprint density at radius 2 is 2.10 bits per heavy atom. The highest BCUT2D eigenvalue weighted by molar-refractivity contribution is 5.96. The van der Waals surface area contributed by atoms with Crippen molar-refractivity contribution in [3.8, 4) is 0 Å². The van der Waals surface area contributed by atoms with Crippen LogP contribution in [0.1, 0.15) is 26.2 Å². The van der Waals surface area contributed by atoms with Crippen molar-refractivity contribution in [1.29, 1.82) is 0 Å². The number of amides is 3. The molecule has 0 unspecified atom stereocenters. The molecule has 20 heavy (non-hydrogen) atoms. The summed E-state index contributed by atoms with van der Waals surface area (Å²) < 4.78 is 0. The molecule has 0 aliphatic carbocycles. The Hall–Kier alpha value is -2.04. The Balaban J connectivity index is 1.85. The van der Waals surface area contributed by atoms with Crippen LogP contribution in [-0.2, 0) is 4.79 Å². The lowest BCUT2D eigenvalue weighted by Gasteiger charge is -2.17. The summed E-state index contributed by atoms with van der Waals surface area (Å²) in [5.41, 5.74) is 0.883. The number of urea groups is 1. The standard InChI is InChI=1S/C15H21N3O2/c1-2-3-9-16-15(20)17-12-10-14(19)18(11-12)13-7-5-4-6-8-13/h4-8,12H,2-3,9-11H2,1H3,(H2,16,17,20)/t12-/m0/s1. The van der Waals surface area contributed by atoms with Gasteiger partial charge in [-0.3, -0.25) is 4.79 Å². The molecule has 1 aliphatic heterocycles. The van der Waals surface area contributed by atoms with Crippen molar-refractivity contribution in [1.82, 2.24) is 10.6 Å². The molecule has 1 aliphatic rings. The number of unbranched alkanes of at least 4 members (excludes halogenated alkanes) is 1. The van der Waals surface area contributed by atoms with Crippen molar-refractivity contribution < 1.29 is 9.59 Å². The van der Waals surface area contributed by atoms with Gasteiger partial charge < -0.3 is 15.5 Å². The van der Waals surface area contributed by atoms with Crippen LogP contribution < -0.4 is 15.5 Å². The van der Waals surface area contributed by atoms with Gasteiger partial charge in [-0.2, -0.15) is 0 Å². The summed E-state index contributed by atoms with van der Waals surface area (Å²) in [6.45, 7) is 3.28. The van der Waals surface area contributed by atoms with E-state index in [4.69, 9.17) is 0 Å². The third kappa shape index (κ3) is 3.73. The average Bonchev–Trinajstić information content (AvgIpc) is 2.81. The molecule has 3 amide bonds. The van der Waals surface area contributed by atoms with Crippen LogP contribution >= 0.6 is 0 Å². The summed E-state index contributed by atoms with van der Waals surface area (Å²) in [4.78, 5) is 25.4. The van der Waals surface area contributed by atoms with Gasteiger partial charge in [0.15, 0.2) is 0 Å². The van der Waals surface area contributed by atoms with Gasteiger partial charge in [0, 0.05) is 25.2 Å². The highest BCUT2D eigenvalue weighted by atomic mass is 16.2. The number of carbonyl (C=O) groups excluding carboxylic acids is 2. The van der Waals surface area contributed by atoms with Gasteiger partial charge in [-0.1, -0.05) is 31.5 Å². The van der Waals surface area contributed by atoms with Gasteiger partial charge >= 0.3 is 6.03 Å². The third-order valence-corrected chi connectivity index (χ3v) is 3.34. The first-order valence-corrected chi connectivity index (χ1v) is 7.10. The summed E-state index contributed by atoms with van der Waals surface area (Å²) in [6.07, 6.45) is 2.37. The number of carbonyl (C=O) groups is 2. The molecule has 5 nitrogen and oxygen atoms in total. The zero-order valence-electron chi connectivity index (χ0n) is 11.8. The molecule has 0 bridgehead atoms. The molecular weight excluding hydrogens is 254 g/mol. The summed E-state index contributed by atoms with van der Waals surface area (Å²) in [5.74, 6) is 0.0510. The number of rotatable bonds is 5. The molecule has 108 valence electrons. The van der Waals surface area contributed by atoms with Crippen LogP contribution in [0.2, 0.25) is 0 Å². The molecule has 5 heteroatoms. The van der Waals surface area contributed by atoms with E-state index in [9.17, 15) is 9.59 Å². The Morgan fingerprint density at radius 1 is 1.35 bits per heavy atom. The van der Waals surface area contributed by atoms with Crippen molar-refractivity contribution in [3.63, 3.8) is 0 Å². The van der Waals surface area contributed by atoms with Crippen LogP contribution in [0.3, 0.4) is 0 Å². The van der Waals surface area contributed by atoms with E-state index >= 15 is 0 Å². The summed E-state index contributed by atoms with van der Waals surface area (Å²) >= 11 is 0. The van der Waals surface area contributed by atoms with Crippen molar-refractivity contribution >= 4 is 17.6 Å². The molecule has 1 heterocycles. The van der Waals surface area contributed by atoms with Gasteiger partial charge in [0.1, 0.15) is 0 Å². The van der Waals surface area contributed by atoms with Gasteiger partial charge in [-0.25, -0.2) is 4.79 Å². The van der Waals surface area contributed by atoms with Crippen LogP contribution in [0.4, 0.5) is 10.5 Å².